The Hall–Kier alpha value is -1.49. The summed E-state index contributed by atoms with van der Waals surface area (Å²) in [6, 6.07) is 8.89. The molecule has 96 valence electrons. The number of nitrogens with one attached hydrogen (secondary N) is 1. The highest BCUT2D eigenvalue weighted by Gasteiger charge is 2.18. The molecule has 0 unspecified atom stereocenters. The molecule has 1 aliphatic rings. The fraction of sp³-hybridized carbons (Fsp3) is 0.385. The fourth-order valence-corrected chi connectivity index (χ4v) is 2.49. The summed E-state index contributed by atoms with van der Waals surface area (Å²) in [6.07, 6.45) is 3.29. The van der Waals surface area contributed by atoms with Crippen LogP contribution in [0.1, 0.15) is 29.6 Å². The second-order valence-corrected chi connectivity index (χ2v) is 4.97. The lowest BCUT2D eigenvalue weighted by molar-refractivity contribution is 0.0984. The van der Waals surface area contributed by atoms with E-state index in [1.54, 1.807) is 29.2 Å². The molecule has 0 aromatic heterocycles. The lowest BCUT2D eigenvalue weighted by atomic mass is 10.1. The van der Waals surface area contributed by atoms with Gasteiger partial charge < -0.3 is 4.90 Å². The lowest BCUT2D eigenvalue weighted by Crippen LogP contribution is -2.35. The van der Waals surface area contributed by atoms with Crippen molar-refractivity contribution < 1.29 is 9.59 Å². The average Bonchev–Trinajstić information content (AvgIpc) is 2.46. The summed E-state index contributed by atoms with van der Waals surface area (Å²) in [6.45, 7) is 1.60. The first-order valence-corrected chi connectivity index (χ1v) is 6.90. The van der Waals surface area contributed by atoms with E-state index < -0.39 is 0 Å². The van der Waals surface area contributed by atoms with Crippen LogP contribution in [0, 0.1) is 0 Å². The fourth-order valence-electron chi connectivity index (χ4n) is 1.88. The third-order valence-corrected chi connectivity index (χ3v) is 3.60. The molecule has 0 spiro atoms. The van der Waals surface area contributed by atoms with Crippen LogP contribution in [0.25, 0.3) is 0 Å². The van der Waals surface area contributed by atoms with Crippen LogP contribution in [0.5, 0.6) is 0 Å². The third-order valence-electron chi connectivity index (χ3n) is 2.88. The van der Waals surface area contributed by atoms with Crippen molar-refractivity contribution >= 4 is 23.1 Å². The van der Waals surface area contributed by atoms with Crippen LogP contribution in [-0.2, 0) is 0 Å². The normalized spacial score (nSPS) is 15.2. The Morgan fingerprint density at radius 3 is 2.39 bits per heavy atom. The Bertz CT molecular complexity index is 416. The molecule has 0 bridgehead atoms. The third kappa shape index (κ3) is 3.50. The molecule has 1 saturated heterocycles. The van der Waals surface area contributed by atoms with Crippen molar-refractivity contribution in [1.82, 2.24) is 9.62 Å². The van der Waals surface area contributed by atoms with Crippen molar-refractivity contribution in [2.24, 2.45) is 0 Å². The second-order valence-electron chi connectivity index (χ2n) is 4.21. The molecule has 2 rings (SSSR count). The highest BCUT2D eigenvalue weighted by molar-refractivity contribution is 8.12. The number of carbonyl (C=O) groups is 2. The Kier molecular flexibility index (Phi) is 4.64. The van der Waals surface area contributed by atoms with Gasteiger partial charge in [0.25, 0.3) is 5.91 Å². The summed E-state index contributed by atoms with van der Waals surface area (Å²) in [5.74, 6) is -0.231. The van der Waals surface area contributed by atoms with Gasteiger partial charge in [0.05, 0.1) is 11.9 Å². The number of nitrogens with zero attached hydrogens (tertiary/aromatic N) is 1. The topological polar surface area (TPSA) is 49.4 Å². The average molecular weight is 264 g/mol. The van der Waals surface area contributed by atoms with E-state index in [-0.39, 0.29) is 11.1 Å². The van der Waals surface area contributed by atoms with Crippen LogP contribution in [-0.4, -0.2) is 29.1 Å². The Morgan fingerprint density at radius 2 is 1.72 bits per heavy atom. The molecule has 0 aliphatic carbocycles. The largest absolute Gasteiger partial charge is 0.332 e. The van der Waals surface area contributed by atoms with Gasteiger partial charge in [-0.2, -0.15) is 0 Å². The van der Waals surface area contributed by atoms with Crippen molar-refractivity contribution in [3.8, 4) is 0 Å². The molecule has 1 N–H and O–H groups in total. The molecule has 18 heavy (non-hydrogen) atoms. The zero-order valence-electron chi connectivity index (χ0n) is 10.1. The van der Waals surface area contributed by atoms with Crippen LogP contribution in [0.15, 0.2) is 30.3 Å². The molecule has 4 nitrogen and oxygen atoms in total. The molecule has 1 aromatic rings. The van der Waals surface area contributed by atoms with Gasteiger partial charge in [-0.3, -0.25) is 14.3 Å². The van der Waals surface area contributed by atoms with Crippen LogP contribution in [0.2, 0.25) is 0 Å². The summed E-state index contributed by atoms with van der Waals surface area (Å²) in [5.41, 5.74) is 0.566. The van der Waals surface area contributed by atoms with Crippen LogP contribution >= 0.6 is 11.9 Å². The molecule has 0 radical (unpaired) electrons. The van der Waals surface area contributed by atoms with Crippen molar-refractivity contribution in [3.05, 3.63) is 35.9 Å². The predicted octanol–water partition coefficient (Wildman–Crippen LogP) is 2.67. The van der Waals surface area contributed by atoms with E-state index in [0.717, 1.165) is 37.9 Å². The highest BCUT2D eigenvalue weighted by Crippen LogP contribution is 2.14. The number of amides is 2. The van der Waals surface area contributed by atoms with E-state index in [0.29, 0.717) is 5.56 Å². The van der Waals surface area contributed by atoms with Crippen LogP contribution in [0.4, 0.5) is 4.79 Å². The monoisotopic (exact) mass is 264 g/mol. The smallest absolute Gasteiger partial charge is 0.302 e. The number of likely N-dealkylation sites (tertiary alicyclic amines) is 1. The molecular formula is C13H16N2O2S. The van der Waals surface area contributed by atoms with Gasteiger partial charge in [0.15, 0.2) is 0 Å². The van der Waals surface area contributed by atoms with E-state index in [9.17, 15) is 9.59 Å². The van der Waals surface area contributed by atoms with E-state index in [4.69, 9.17) is 0 Å². The number of rotatable bonds is 1. The van der Waals surface area contributed by atoms with Crippen molar-refractivity contribution in [1.29, 1.82) is 0 Å². The summed E-state index contributed by atoms with van der Waals surface area (Å²) < 4.78 is 2.58. The molecule has 0 saturated carbocycles. The SMILES string of the molecule is O=C(NSC(=O)N1CCCCC1)c1ccccc1. The summed E-state index contributed by atoms with van der Waals surface area (Å²) >= 11 is 0.873. The molecule has 2 amide bonds. The minimum atomic E-state index is -0.231. The highest BCUT2D eigenvalue weighted by atomic mass is 32.2. The van der Waals surface area contributed by atoms with E-state index in [1.807, 2.05) is 6.07 Å². The quantitative estimate of drug-likeness (QED) is 0.793. The van der Waals surface area contributed by atoms with E-state index >= 15 is 0 Å². The van der Waals surface area contributed by atoms with Gasteiger partial charge in [-0.05, 0) is 31.4 Å². The second kappa shape index (κ2) is 6.44. The molecule has 1 fully saturated rings. The van der Waals surface area contributed by atoms with Crippen molar-refractivity contribution in [2.75, 3.05) is 13.1 Å². The Morgan fingerprint density at radius 1 is 1.06 bits per heavy atom. The molecule has 0 atom stereocenters. The Labute approximate surface area is 111 Å². The molecule has 1 heterocycles. The zero-order chi connectivity index (χ0) is 12.8. The maximum Gasteiger partial charge on any atom is 0.302 e. The first-order valence-electron chi connectivity index (χ1n) is 6.08. The van der Waals surface area contributed by atoms with Gasteiger partial charge in [0.1, 0.15) is 0 Å². The maximum atomic E-state index is 11.8. The summed E-state index contributed by atoms with van der Waals surface area (Å²) in [5, 5.41) is -0.0704. The van der Waals surface area contributed by atoms with Gasteiger partial charge in [0.2, 0.25) is 0 Å². The maximum absolute atomic E-state index is 11.8. The van der Waals surface area contributed by atoms with Gasteiger partial charge in [-0.1, -0.05) is 18.2 Å². The lowest BCUT2D eigenvalue weighted by Gasteiger charge is -2.25. The predicted molar refractivity (Wildman–Crippen MR) is 72.3 cm³/mol. The first kappa shape index (κ1) is 13.0. The van der Waals surface area contributed by atoms with Crippen LogP contribution < -0.4 is 4.72 Å². The number of piperidine rings is 1. The minimum Gasteiger partial charge on any atom is -0.332 e. The first-order chi connectivity index (χ1) is 8.77. The molecular weight excluding hydrogens is 248 g/mol. The van der Waals surface area contributed by atoms with Gasteiger partial charge in [-0.25, -0.2) is 0 Å². The summed E-state index contributed by atoms with van der Waals surface area (Å²) in [7, 11) is 0. The van der Waals surface area contributed by atoms with Gasteiger partial charge in [-0.15, -0.1) is 0 Å². The zero-order valence-corrected chi connectivity index (χ0v) is 10.9. The van der Waals surface area contributed by atoms with Crippen molar-refractivity contribution in [2.45, 2.75) is 19.3 Å². The molecule has 1 aromatic carbocycles. The standard InChI is InChI=1S/C13H16N2O2S/c16-12(11-7-3-1-4-8-11)14-18-13(17)15-9-5-2-6-10-15/h1,3-4,7-8H,2,5-6,9-10H2,(H,14,16). The molecule has 5 heteroatoms. The van der Waals surface area contributed by atoms with Gasteiger partial charge >= 0.3 is 5.24 Å². The molecule has 1 aliphatic heterocycles. The van der Waals surface area contributed by atoms with E-state index in [1.165, 1.54) is 6.42 Å². The van der Waals surface area contributed by atoms with E-state index in [2.05, 4.69) is 4.72 Å². The van der Waals surface area contributed by atoms with Gasteiger partial charge in [0, 0.05) is 18.7 Å². The summed E-state index contributed by atoms with van der Waals surface area (Å²) in [4.78, 5) is 25.3. The number of carbonyl (C=O) groups excluding carboxylic acids is 2. The number of hydrogen-bond acceptors (Lipinski definition) is 3. The number of benzene rings is 1. The Balaban J connectivity index is 1.80. The van der Waals surface area contributed by atoms with Crippen molar-refractivity contribution in [3.63, 3.8) is 0 Å². The minimum absolute atomic E-state index is 0.0704. The number of hydrogen-bond donors (Lipinski definition) is 1. The van der Waals surface area contributed by atoms with Crippen LogP contribution in [0.3, 0.4) is 0 Å².